The van der Waals surface area contributed by atoms with E-state index in [0.29, 0.717) is 0 Å². The van der Waals surface area contributed by atoms with Gasteiger partial charge in [0.25, 0.3) is 0 Å². The van der Waals surface area contributed by atoms with Crippen LogP contribution in [0.2, 0.25) is 0 Å². The van der Waals surface area contributed by atoms with E-state index in [0.717, 1.165) is 12.1 Å². The van der Waals surface area contributed by atoms with Crippen LogP contribution in [0.5, 0.6) is 0 Å². The van der Waals surface area contributed by atoms with Gasteiger partial charge in [0.2, 0.25) is 0 Å². The summed E-state index contributed by atoms with van der Waals surface area (Å²) in [6.07, 6.45) is 0. The highest BCUT2D eigenvalue weighted by molar-refractivity contribution is 5.97. The first-order chi connectivity index (χ1) is 14.2. The van der Waals surface area contributed by atoms with E-state index in [2.05, 4.69) is 0 Å². The number of benzene rings is 2. The lowest BCUT2D eigenvalue weighted by Gasteiger charge is -2.26. The molecule has 0 saturated heterocycles. The van der Waals surface area contributed by atoms with Crippen molar-refractivity contribution in [3.63, 3.8) is 0 Å². The van der Waals surface area contributed by atoms with Gasteiger partial charge in [-0.25, -0.2) is 0 Å². The summed E-state index contributed by atoms with van der Waals surface area (Å²) in [6.45, 7) is 2.85. The SMILES string of the molecule is CCOC(=O)C(C(=O)OCC)C1c2ccccc2C(F)(F)C(F)(F)c2ccccc21. The molecule has 0 atom stereocenters. The first kappa shape index (κ1) is 21.8. The lowest BCUT2D eigenvalue weighted by atomic mass is 9.78. The molecule has 4 nitrogen and oxygen atoms in total. The maximum atomic E-state index is 15.1. The molecule has 8 heteroatoms. The molecule has 0 N–H and O–H groups in total. The van der Waals surface area contributed by atoms with E-state index in [-0.39, 0.29) is 24.3 Å². The molecule has 2 aromatic rings. The molecule has 2 aromatic carbocycles. The van der Waals surface area contributed by atoms with Gasteiger partial charge in [0.05, 0.1) is 13.2 Å². The normalized spacial score (nSPS) is 16.9. The van der Waals surface area contributed by atoms with Crippen LogP contribution in [0.25, 0.3) is 0 Å². The van der Waals surface area contributed by atoms with Crippen LogP contribution in [-0.4, -0.2) is 25.2 Å². The van der Waals surface area contributed by atoms with Crippen LogP contribution >= 0.6 is 0 Å². The number of hydrogen-bond acceptors (Lipinski definition) is 4. The Morgan fingerprint density at radius 2 is 1.17 bits per heavy atom. The molecular formula is C22H20F4O4. The number of carbonyl (C=O) groups is 2. The van der Waals surface area contributed by atoms with Gasteiger partial charge in [0, 0.05) is 17.0 Å². The highest BCUT2D eigenvalue weighted by Crippen LogP contribution is 2.57. The maximum Gasteiger partial charge on any atom is 0.340 e. The van der Waals surface area contributed by atoms with Gasteiger partial charge in [0.1, 0.15) is 0 Å². The van der Waals surface area contributed by atoms with Crippen LogP contribution in [0.1, 0.15) is 42.0 Å². The van der Waals surface area contributed by atoms with Gasteiger partial charge in [-0.05, 0) is 25.0 Å². The first-order valence-electron chi connectivity index (χ1n) is 9.46. The Morgan fingerprint density at radius 1 is 0.800 bits per heavy atom. The van der Waals surface area contributed by atoms with Gasteiger partial charge < -0.3 is 9.47 Å². The van der Waals surface area contributed by atoms with Gasteiger partial charge in [-0.3, -0.25) is 9.59 Å². The van der Waals surface area contributed by atoms with Crippen LogP contribution < -0.4 is 0 Å². The van der Waals surface area contributed by atoms with Gasteiger partial charge in [-0.2, -0.15) is 17.6 Å². The van der Waals surface area contributed by atoms with Crippen molar-refractivity contribution in [1.29, 1.82) is 0 Å². The standard InChI is InChI=1S/C22H20F4O4/c1-3-29-19(27)18(20(28)30-4-2)17-13-9-5-7-11-15(13)21(23,24)22(25,26)16-12-8-6-10-14(16)17/h5-12,17-18H,3-4H2,1-2H3. The van der Waals surface area contributed by atoms with Crippen LogP contribution in [0, 0.1) is 5.92 Å². The summed E-state index contributed by atoms with van der Waals surface area (Å²) < 4.78 is 70.2. The third kappa shape index (κ3) is 3.34. The molecule has 0 amide bonds. The van der Waals surface area contributed by atoms with Crippen molar-refractivity contribution in [2.24, 2.45) is 5.92 Å². The number of esters is 2. The summed E-state index contributed by atoms with van der Waals surface area (Å²) in [5.74, 6) is -14.4. The Morgan fingerprint density at radius 3 is 1.53 bits per heavy atom. The fourth-order valence-electron chi connectivity index (χ4n) is 3.81. The van der Waals surface area contributed by atoms with Crippen molar-refractivity contribution < 1.29 is 36.6 Å². The van der Waals surface area contributed by atoms with E-state index in [4.69, 9.17) is 9.47 Å². The highest BCUT2D eigenvalue weighted by Gasteiger charge is 2.63. The largest absolute Gasteiger partial charge is 0.465 e. The van der Waals surface area contributed by atoms with Gasteiger partial charge in [0.15, 0.2) is 5.92 Å². The third-order valence-corrected chi connectivity index (χ3v) is 5.08. The molecule has 0 fully saturated rings. The summed E-state index contributed by atoms with van der Waals surface area (Å²) in [4.78, 5) is 25.4. The minimum atomic E-state index is -4.57. The molecule has 0 bridgehead atoms. The molecule has 0 heterocycles. The minimum Gasteiger partial charge on any atom is -0.465 e. The van der Waals surface area contributed by atoms with Crippen LogP contribution in [-0.2, 0) is 30.9 Å². The average Bonchev–Trinajstić information content (AvgIpc) is 2.76. The number of fused-ring (bicyclic) bond motifs is 2. The van der Waals surface area contributed by atoms with E-state index >= 15 is 17.6 Å². The fourth-order valence-corrected chi connectivity index (χ4v) is 3.81. The van der Waals surface area contributed by atoms with Gasteiger partial charge in [-0.15, -0.1) is 0 Å². The Kier molecular flexibility index (Phi) is 5.87. The second-order valence-electron chi connectivity index (χ2n) is 6.78. The smallest absolute Gasteiger partial charge is 0.340 e. The predicted octanol–water partition coefficient (Wildman–Crippen LogP) is 4.76. The Bertz CT molecular complexity index is 882. The van der Waals surface area contributed by atoms with Crippen molar-refractivity contribution in [3.8, 4) is 0 Å². The molecule has 0 unspecified atom stereocenters. The molecular weight excluding hydrogens is 404 g/mol. The Balaban J connectivity index is 2.37. The van der Waals surface area contributed by atoms with E-state index in [1.807, 2.05) is 0 Å². The van der Waals surface area contributed by atoms with Crippen LogP contribution in [0.4, 0.5) is 17.6 Å². The molecule has 0 spiro atoms. The summed E-state index contributed by atoms with van der Waals surface area (Å²) in [6, 6.07) is 9.40. The third-order valence-electron chi connectivity index (χ3n) is 5.08. The van der Waals surface area contributed by atoms with Gasteiger partial charge in [-0.1, -0.05) is 48.5 Å². The second-order valence-corrected chi connectivity index (χ2v) is 6.78. The fraction of sp³-hybridized carbons (Fsp3) is 0.364. The summed E-state index contributed by atoms with van der Waals surface area (Å²) >= 11 is 0. The summed E-state index contributed by atoms with van der Waals surface area (Å²) in [7, 11) is 0. The molecule has 0 saturated carbocycles. The van der Waals surface area contributed by atoms with Gasteiger partial charge >= 0.3 is 23.8 Å². The van der Waals surface area contributed by atoms with Crippen molar-refractivity contribution in [1.82, 2.24) is 0 Å². The average molecular weight is 424 g/mol. The molecule has 0 aliphatic heterocycles. The van der Waals surface area contributed by atoms with Crippen molar-refractivity contribution >= 4 is 11.9 Å². The van der Waals surface area contributed by atoms with E-state index in [1.165, 1.54) is 50.2 Å². The number of hydrogen-bond donors (Lipinski definition) is 0. The van der Waals surface area contributed by atoms with Crippen molar-refractivity contribution in [3.05, 3.63) is 70.8 Å². The number of carbonyl (C=O) groups excluding carboxylic acids is 2. The molecule has 1 aliphatic carbocycles. The van der Waals surface area contributed by atoms with Crippen LogP contribution in [0.3, 0.4) is 0 Å². The molecule has 3 rings (SSSR count). The number of ether oxygens (including phenoxy) is 2. The number of halogens is 4. The minimum absolute atomic E-state index is 0.0862. The first-order valence-corrected chi connectivity index (χ1v) is 9.46. The summed E-state index contributed by atoms with van der Waals surface area (Å²) in [5, 5.41) is 0. The van der Waals surface area contributed by atoms with E-state index < -0.39 is 46.7 Å². The summed E-state index contributed by atoms with van der Waals surface area (Å²) in [5.41, 5.74) is -2.40. The number of alkyl halides is 4. The quantitative estimate of drug-likeness (QED) is 0.395. The van der Waals surface area contributed by atoms with E-state index in [1.54, 1.807) is 0 Å². The Labute approximate surface area is 170 Å². The topological polar surface area (TPSA) is 52.6 Å². The lowest BCUT2D eigenvalue weighted by Crippen LogP contribution is -2.35. The van der Waals surface area contributed by atoms with E-state index in [9.17, 15) is 9.59 Å². The Hall–Kier alpha value is -2.90. The molecule has 160 valence electrons. The molecule has 1 aliphatic rings. The predicted molar refractivity (Wildman–Crippen MR) is 99.3 cm³/mol. The lowest BCUT2D eigenvalue weighted by molar-refractivity contribution is -0.223. The zero-order chi connectivity index (χ0) is 22.1. The van der Waals surface area contributed by atoms with Crippen LogP contribution in [0.15, 0.2) is 48.5 Å². The molecule has 0 aromatic heterocycles. The zero-order valence-electron chi connectivity index (χ0n) is 16.3. The van der Waals surface area contributed by atoms with Crippen molar-refractivity contribution in [2.75, 3.05) is 13.2 Å². The zero-order valence-corrected chi connectivity index (χ0v) is 16.3. The molecule has 30 heavy (non-hydrogen) atoms. The monoisotopic (exact) mass is 424 g/mol. The maximum absolute atomic E-state index is 15.1. The number of rotatable bonds is 5. The molecule has 0 radical (unpaired) electrons. The van der Waals surface area contributed by atoms with Crippen molar-refractivity contribution in [2.45, 2.75) is 31.6 Å². The second kappa shape index (κ2) is 8.08. The highest BCUT2D eigenvalue weighted by atomic mass is 19.3.